The maximum atomic E-state index is 8.76. The first-order chi connectivity index (χ1) is 32.4. The van der Waals surface area contributed by atoms with Gasteiger partial charge in [0, 0.05) is 0 Å². The Morgan fingerprint density at radius 1 is 0.412 bits per heavy atom. The van der Waals surface area contributed by atoms with Gasteiger partial charge in [0.25, 0.3) is 0 Å². The second kappa shape index (κ2) is 16.0. The van der Waals surface area contributed by atoms with E-state index in [9.17, 15) is 0 Å². The molecule has 8 aromatic carbocycles. The van der Waals surface area contributed by atoms with Gasteiger partial charge in [0.2, 0.25) is 0 Å². The molecule has 0 spiro atoms. The van der Waals surface area contributed by atoms with E-state index in [0.29, 0.717) is 0 Å². The van der Waals surface area contributed by atoms with Gasteiger partial charge in [-0.3, -0.25) is 0 Å². The van der Waals surface area contributed by atoms with Crippen LogP contribution in [0.25, 0.3) is 43.1 Å². The molecule has 2 unspecified atom stereocenters. The van der Waals surface area contributed by atoms with Gasteiger partial charge >= 0.3 is 414 Å². The second-order valence-electron chi connectivity index (χ2n) is 22.7. The molecule has 0 aromatic heterocycles. The number of hydrogen-bond donors (Lipinski definition) is 0. The molecule has 0 saturated carbocycles. The van der Waals surface area contributed by atoms with E-state index < -0.39 is 29.2 Å². The molecule has 0 radical (unpaired) electrons. The minimum atomic E-state index is -5.39. The summed E-state index contributed by atoms with van der Waals surface area (Å²) >= 11 is -5.39. The van der Waals surface area contributed by atoms with E-state index in [1.54, 1.807) is 0 Å². The summed E-state index contributed by atoms with van der Waals surface area (Å²) in [6.07, 6.45) is 0. The molecule has 11 rings (SSSR count). The molecule has 0 N–H and O–H groups in total. The molecule has 0 saturated heterocycles. The van der Waals surface area contributed by atoms with Crippen LogP contribution in [-0.4, -0.2) is 8.07 Å². The molecule has 2 aliphatic carbocycles. The monoisotopic (exact) mass is 982 g/mol. The zero-order valence-corrected chi connectivity index (χ0v) is 45.4. The van der Waals surface area contributed by atoms with Gasteiger partial charge < -0.3 is 0 Å². The first kappa shape index (κ1) is 44.9. The molecular weight excluding hydrogens is 920 g/mol. The number of benzene rings is 8. The first-order valence-electron chi connectivity index (χ1n) is 24.6. The predicted molar refractivity (Wildman–Crippen MR) is 288 cm³/mol. The first-order valence-corrected chi connectivity index (χ1v) is 32.5. The summed E-state index contributed by atoms with van der Waals surface area (Å²) < 4.78 is 17.2. The van der Waals surface area contributed by atoms with E-state index in [0.717, 1.165) is 11.5 Å². The number of fused-ring (bicyclic) bond motifs is 10. The molecule has 68 heavy (non-hydrogen) atoms. The molecule has 1 aliphatic heterocycles. The summed E-state index contributed by atoms with van der Waals surface area (Å²) in [5, 5.41) is 8.14. The average molecular weight is 985 g/mol. The Bertz CT molecular complexity index is 3240. The fraction of sp³-hybridized carbons (Fsp3) is 0.250. The van der Waals surface area contributed by atoms with Crippen molar-refractivity contribution in [2.75, 3.05) is 0 Å². The summed E-state index contributed by atoms with van der Waals surface area (Å²) in [7, 11) is -2.71. The van der Waals surface area contributed by atoms with Gasteiger partial charge in [-0.05, 0) is 0 Å². The standard InChI is InChI=1S/C42H34Si.2C11H16O.Zr/c1-27-21-29-13-5-9-17-33(29)37(23-27)39-25-31-15-7-11-19-35(31)41(39)43(3,4)42-36-20-12-8-16-32(36)26-40(42)38-24-28(2)22-30-14-6-10-18-34(30)38;2*1-8-5-6-10(12)9(7-8)11(2,3)4;/h5-26H,1-4H3;2*5-7,12H,1-4H3;/q;;;+2/p-2. The van der Waals surface area contributed by atoms with Gasteiger partial charge in [0.05, 0.1) is 0 Å². The third-order valence-corrected chi connectivity index (χ3v) is 28.4. The molecule has 3 aliphatic rings. The van der Waals surface area contributed by atoms with Crippen molar-refractivity contribution < 1.29 is 26.8 Å². The van der Waals surface area contributed by atoms with Crippen LogP contribution in [0.15, 0.2) is 158 Å². The molecule has 4 heteroatoms. The third-order valence-electron chi connectivity index (χ3n) is 15.3. The SMILES string of the molecule is Cc1ccc([O][Zr]2([O]c3ccc(C)cc3C(C)(C)C)[CH]3C(c4cc(C)cc5ccccc45)=C(c4ccccc43)[Si](C)(C)C3=C(c4cc(C)cc5ccccc45)[CH]2c2ccccc23)c(C(C)(C)C)c1. The van der Waals surface area contributed by atoms with Gasteiger partial charge in [-0.1, -0.05) is 0 Å². The van der Waals surface area contributed by atoms with Crippen molar-refractivity contribution in [3.05, 3.63) is 224 Å². The van der Waals surface area contributed by atoms with Crippen LogP contribution in [0.4, 0.5) is 0 Å². The quantitative estimate of drug-likeness (QED) is 0.155. The number of aryl methyl sites for hydroxylation is 4. The molecule has 8 aromatic rings. The van der Waals surface area contributed by atoms with Gasteiger partial charge in [-0.25, -0.2) is 0 Å². The van der Waals surface area contributed by atoms with Gasteiger partial charge in [-0.15, -0.1) is 0 Å². The van der Waals surface area contributed by atoms with Gasteiger partial charge in [0.1, 0.15) is 0 Å². The van der Waals surface area contributed by atoms with Crippen molar-refractivity contribution in [1.29, 1.82) is 0 Å². The Balaban J connectivity index is 1.41. The van der Waals surface area contributed by atoms with Crippen molar-refractivity contribution in [2.45, 2.75) is 100 Å². The number of allylic oxidation sites excluding steroid dienone is 2. The summed E-state index contributed by atoms with van der Waals surface area (Å²) in [6, 6.07) is 60.6. The second-order valence-corrected chi connectivity index (χ2v) is 34.4. The Kier molecular flexibility index (Phi) is 10.6. The van der Waals surface area contributed by atoms with Crippen molar-refractivity contribution in [3.63, 3.8) is 0 Å². The van der Waals surface area contributed by atoms with E-state index in [1.807, 2.05) is 0 Å². The van der Waals surface area contributed by atoms with E-state index >= 15 is 0 Å². The van der Waals surface area contributed by atoms with Crippen LogP contribution in [0.5, 0.6) is 11.5 Å². The summed E-state index contributed by atoms with van der Waals surface area (Å²) in [4.78, 5) is 0. The third kappa shape index (κ3) is 7.02. The zero-order chi connectivity index (χ0) is 47.7. The minimum absolute atomic E-state index is 0.167. The zero-order valence-electron chi connectivity index (χ0n) is 42.0. The van der Waals surface area contributed by atoms with Crippen LogP contribution < -0.4 is 5.63 Å². The number of rotatable bonds is 6. The van der Waals surface area contributed by atoms with Crippen molar-refractivity contribution in [2.24, 2.45) is 0 Å². The average Bonchev–Trinajstić information content (AvgIpc) is 3.85. The maximum absolute atomic E-state index is 8.76. The molecule has 2 nitrogen and oxygen atoms in total. The fourth-order valence-corrected chi connectivity index (χ4v) is 28.6. The van der Waals surface area contributed by atoms with Crippen molar-refractivity contribution in [3.8, 4) is 11.5 Å². The van der Waals surface area contributed by atoms with Crippen LogP contribution in [-0.2, 0) is 32.0 Å². The Labute approximate surface area is 411 Å². The summed E-state index contributed by atoms with van der Waals surface area (Å²) in [5.74, 6) is 1.89. The van der Waals surface area contributed by atoms with Crippen LogP contribution in [0.3, 0.4) is 0 Å². The van der Waals surface area contributed by atoms with E-state index in [2.05, 4.69) is 240 Å². The van der Waals surface area contributed by atoms with Crippen molar-refractivity contribution in [1.82, 2.24) is 0 Å². The summed E-state index contributed by atoms with van der Waals surface area (Å²) in [6.45, 7) is 28.3. The van der Waals surface area contributed by atoms with Crippen LogP contribution in [0.2, 0.25) is 13.1 Å². The molecule has 0 amide bonds. The van der Waals surface area contributed by atoms with Gasteiger partial charge in [0.15, 0.2) is 0 Å². The summed E-state index contributed by atoms with van der Waals surface area (Å²) in [5.41, 5.74) is 17.9. The molecule has 0 fully saturated rings. The topological polar surface area (TPSA) is 18.5 Å². The number of hydrogen-bond acceptors (Lipinski definition) is 2. The van der Waals surface area contributed by atoms with Crippen LogP contribution in [0.1, 0.15) is 116 Å². The normalized spacial score (nSPS) is 18.1. The van der Waals surface area contributed by atoms with Crippen LogP contribution >= 0.6 is 0 Å². The Hall–Kier alpha value is -5.54. The van der Waals surface area contributed by atoms with Crippen molar-refractivity contribution >= 4 is 51.2 Å². The molecule has 340 valence electrons. The molecule has 2 atom stereocenters. The van der Waals surface area contributed by atoms with E-state index in [4.69, 9.17) is 5.63 Å². The van der Waals surface area contributed by atoms with E-state index in [1.165, 1.54) is 110 Å². The van der Waals surface area contributed by atoms with Crippen LogP contribution in [0, 0.1) is 27.7 Å². The molecule has 1 heterocycles. The Morgan fingerprint density at radius 2 is 0.794 bits per heavy atom. The predicted octanol–water partition coefficient (Wildman–Crippen LogP) is 17.4. The van der Waals surface area contributed by atoms with Gasteiger partial charge in [-0.2, -0.15) is 0 Å². The Morgan fingerprint density at radius 3 is 1.21 bits per heavy atom. The molecule has 4 bridgehead atoms. The van der Waals surface area contributed by atoms with E-state index in [-0.39, 0.29) is 18.1 Å². The fourth-order valence-electron chi connectivity index (χ4n) is 12.5. The molecular formula is C64H64O2SiZr.